The van der Waals surface area contributed by atoms with E-state index in [4.69, 9.17) is 10.00 Å². The van der Waals surface area contributed by atoms with Gasteiger partial charge in [0.2, 0.25) is 0 Å². The van der Waals surface area contributed by atoms with Crippen LogP contribution in [0.2, 0.25) is 0 Å². The summed E-state index contributed by atoms with van der Waals surface area (Å²) in [5, 5.41) is 8.93. The molecule has 3 heteroatoms. The highest BCUT2D eigenvalue weighted by atomic mass is 16.5. The Labute approximate surface area is 155 Å². The first-order chi connectivity index (χ1) is 12.8. The highest BCUT2D eigenvalue weighted by Crippen LogP contribution is 2.18. The zero-order valence-corrected chi connectivity index (χ0v) is 14.7. The average molecular weight is 342 g/mol. The lowest BCUT2D eigenvalue weighted by atomic mass is 10.1. The summed E-state index contributed by atoms with van der Waals surface area (Å²) in [4.78, 5) is 2.23. The van der Waals surface area contributed by atoms with E-state index in [1.54, 1.807) is 0 Å². The third kappa shape index (κ3) is 5.12. The fourth-order valence-corrected chi connectivity index (χ4v) is 2.77. The molecule has 3 aromatic rings. The predicted octanol–water partition coefficient (Wildman–Crippen LogP) is 5.19. The van der Waals surface area contributed by atoms with Crippen LogP contribution in [-0.4, -0.2) is 6.54 Å². The number of ether oxygens (including phenoxy) is 1. The van der Waals surface area contributed by atoms with Crippen LogP contribution in [0.15, 0.2) is 84.9 Å². The number of hydrogen-bond acceptors (Lipinski definition) is 3. The summed E-state index contributed by atoms with van der Waals surface area (Å²) in [7, 11) is 0. The zero-order chi connectivity index (χ0) is 18.0. The number of hydrogen-bond donors (Lipinski definition) is 0. The van der Waals surface area contributed by atoms with E-state index in [9.17, 15) is 0 Å². The van der Waals surface area contributed by atoms with E-state index in [0.29, 0.717) is 13.0 Å². The van der Waals surface area contributed by atoms with Crippen molar-refractivity contribution in [1.82, 2.24) is 0 Å². The lowest BCUT2D eigenvalue weighted by molar-refractivity contribution is 0.306. The van der Waals surface area contributed by atoms with Gasteiger partial charge in [0.1, 0.15) is 12.4 Å². The predicted molar refractivity (Wildman–Crippen MR) is 105 cm³/mol. The number of rotatable bonds is 8. The van der Waals surface area contributed by atoms with Crippen molar-refractivity contribution < 1.29 is 4.74 Å². The molecule has 0 heterocycles. The van der Waals surface area contributed by atoms with Gasteiger partial charge >= 0.3 is 0 Å². The fraction of sp³-hybridized carbons (Fsp3) is 0.174. The van der Waals surface area contributed by atoms with Gasteiger partial charge in [0.05, 0.1) is 12.5 Å². The van der Waals surface area contributed by atoms with Gasteiger partial charge in [-0.25, -0.2) is 0 Å². The second-order valence-electron chi connectivity index (χ2n) is 6.08. The summed E-state index contributed by atoms with van der Waals surface area (Å²) >= 11 is 0. The minimum absolute atomic E-state index is 0.512. The van der Waals surface area contributed by atoms with Crippen molar-refractivity contribution in [2.24, 2.45) is 0 Å². The maximum Gasteiger partial charge on any atom is 0.119 e. The van der Waals surface area contributed by atoms with E-state index in [1.165, 1.54) is 5.56 Å². The lowest BCUT2D eigenvalue weighted by Crippen LogP contribution is -2.23. The number of benzene rings is 3. The van der Waals surface area contributed by atoms with Gasteiger partial charge in [0, 0.05) is 18.8 Å². The molecule has 26 heavy (non-hydrogen) atoms. The van der Waals surface area contributed by atoms with Gasteiger partial charge in [0.15, 0.2) is 0 Å². The van der Waals surface area contributed by atoms with Crippen LogP contribution >= 0.6 is 0 Å². The highest BCUT2D eigenvalue weighted by molar-refractivity contribution is 5.46. The van der Waals surface area contributed by atoms with E-state index >= 15 is 0 Å². The summed E-state index contributed by atoms with van der Waals surface area (Å²) in [5.41, 5.74) is 3.50. The Hall–Kier alpha value is -3.25. The third-order valence-corrected chi connectivity index (χ3v) is 4.16. The van der Waals surface area contributed by atoms with E-state index in [0.717, 1.165) is 30.1 Å². The van der Waals surface area contributed by atoms with Gasteiger partial charge in [-0.3, -0.25) is 0 Å². The summed E-state index contributed by atoms with van der Waals surface area (Å²) in [6.45, 7) is 2.06. The van der Waals surface area contributed by atoms with Crippen LogP contribution in [0.3, 0.4) is 0 Å². The van der Waals surface area contributed by atoms with Crippen molar-refractivity contribution in [2.75, 3.05) is 11.4 Å². The summed E-state index contributed by atoms with van der Waals surface area (Å²) in [6, 6.07) is 30.8. The van der Waals surface area contributed by atoms with Gasteiger partial charge in [-0.15, -0.1) is 0 Å². The van der Waals surface area contributed by atoms with E-state index in [2.05, 4.69) is 47.4 Å². The average Bonchev–Trinajstić information content (AvgIpc) is 2.72. The van der Waals surface area contributed by atoms with Crippen molar-refractivity contribution >= 4 is 5.69 Å². The second-order valence-corrected chi connectivity index (χ2v) is 6.08. The first-order valence-corrected chi connectivity index (χ1v) is 8.78. The molecule has 0 unspecified atom stereocenters. The minimum atomic E-state index is 0.512. The summed E-state index contributed by atoms with van der Waals surface area (Å²) < 4.78 is 5.79. The minimum Gasteiger partial charge on any atom is -0.489 e. The molecule has 0 aromatic heterocycles. The summed E-state index contributed by atoms with van der Waals surface area (Å²) in [6.07, 6.45) is 0.512. The third-order valence-electron chi connectivity index (χ3n) is 4.16. The molecule has 0 aliphatic rings. The van der Waals surface area contributed by atoms with Crippen LogP contribution in [0.1, 0.15) is 17.5 Å². The Morgan fingerprint density at radius 3 is 2.04 bits per heavy atom. The molecule has 0 saturated carbocycles. The van der Waals surface area contributed by atoms with Crippen LogP contribution in [0.25, 0.3) is 0 Å². The lowest BCUT2D eigenvalue weighted by Gasteiger charge is -2.24. The largest absolute Gasteiger partial charge is 0.489 e. The first-order valence-electron chi connectivity index (χ1n) is 8.78. The van der Waals surface area contributed by atoms with Gasteiger partial charge in [0.25, 0.3) is 0 Å². The molecule has 0 fully saturated rings. The molecule has 0 saturated heterocycles. The molecular weight excluding hydrogens is 320 g/mol. The van der Waals surface area contributed by atoms with Crippen LogP contribution in [0.5, 0.6) is 5.75 Å². The maximum atomic E-state index is 8.93. The fourth-order valence-electron chi connectivity index (χ4n) is 2.77. The molecule has 130 valence electrons. The van der Waals surface area contributed by atoms with Crippen LogP contribution in [0, 0.1) is 11.3 Å². The smallest absolute Gasteiger partial charge is 0.119 e. The quantitative estimate of drug-likeness (QED) is 0.565. The van der Waals surface area contributed by atoms with Crippen LogP contribution < -0.4 is 9.64 Å². The van der Waals surface area contributed by atoms with Crippen molar-refractivity contribution in [3.05, 3.63) is 96.1 Å². The molecule has 0 spiro atoms. The summed E-state index contributed by atoms with van der Waals surface area (Å²) in [5.74, 6) is 0.878. The monoisotopic (exact) mass is 342 g/mol. The molecule has 3 aromatic carbocycles. The molecular formula is C23H22N2O. The standard InChI is InChI=1S/C23H22N2O/c24-16-7-17-25(22-8-3-1-4-9-22)18-20-12-14-21(15-13-20)19-26-23-10-5-2-6-11-23/h1-6,8-15H,7,17-19H2. The number of nitrogens with zero attached hydrogens (tertiary/aromatic N) is 2. The molecule has 0 atom stereocenters. The van der Waals surface area contributed by atoms with Crippen LogP contribution in [0.4, 0.5) is 5.69 Å². The molecule has 0 aliphatic heterocycles. The Morgan fingerprint density at radius 1 is 0.769 bits per heavy atom. The number of anilines is 1. The Balaban J connectivity index is 1.62. The normalized spacial score (nSPS) is 10.1. The number of para-hydroxylation sites is 2. The van der Waals surface area contributed by atoms with E-state index in [1.807, 2.05) is 48.5 Å². The van der Waals surface area contributed by atoms with E-state index < -0.39 is 0 Å². The Bertz CT molecular complexity index is 824. The Morgan fingerprint density at radius 2 is 1.38 bits per heavy atom. The molecule has 0 radical (unpaired) electrons. The van der Waals surface area contributed by atoms with Gasteiger partial charge < -0.3 is 9.64 Å². The second kappa shape index (κ2) is 9.29. The van der Waals surface area contributed by atoms with Crippen molar-refractivity contribution in [3.8, 4) is 11.8 Å². The highest BCUT2D eigenvalue weighted by Gasteiger charge is 2.07. The Kier molecular flexibility index (Phi) is 6.28. The van der Waals surface area contributed by atoms with Gasteiger partial charge in [-0.2, -0.15) is 5.26 Å². The van der Waals surface area contributed by atoms with Crippen LogP contribution in [-0.2, 0) is 13.2 Å². The zero-order valence-electron chi connectivity index (χ0n) is 14.7. The van der Waals surface area contributed by atoms with Crippen molar-refractivity contribution in [1.29, 1.82) is 5.26 Å². The van der Waals surface area contributed by atoms with E-state index in [-0.39, 0.29) is 0 Å². The molecule has 3 rings (SSSR count). The first kappa shape index (κ1) is 17.6. The van der Waals surface area contributed by atoms with Gasteiger partial charge in [-0.05, 0) is 35.4 Å². The molecule has 0 aliphatic carbocycles. The van der Waals surface area contributed by atoms with Crippen molar-refractivity contribution in [2.45, 2.75) is 19.6 Å². The molecule has 3 nitrogen and oxygen atoms in total. The number of nitriles is 1. The topological polar surface area (TPSA) is 36.3 Å². The molecule has 0 amide bonds. The molecule has 0 bridgehead atoms. The van der Waals surface area contributed by atoms with Crippen molar-refractivity contribution in [3.63, 3.8) is 0 Å². The maximum absolute atomic E-state index is 8.93. The van der Waals surface area contributed by atoms with Gasteiger partial charge in [-0.1, -0.05) is 60.7 Å². The molecule has 0 N–H and O–H groups in total. The SMILES string of the molecule is N#CCCN(Cc1ccc(COc2ccccc2)cc1)c1ccccc1.